The number of hydrogen-bond donors (Lipinski definition) is 3. The predicted octanol–water partition coefficient (Wildman–Crippen LogP) is 3.03. The molecule has 1 aromatic rings. The van der Waals surface area contributed by atoms with Gasteiger partial charge in [0.25, 0.3) is 0 Å². The standard InChI is InChI=1S/C18H22ClN5O2/c1-2-21-11-13(8-9-19)14-15(16(20)24-17(23-14)18(25)26)22-10-12-6-4-3-5-7-12/h1,8,11-12,22H,3-7,9-10H2,(H,25,26)(H2,20,23,24)/b13-8+,21-11?. The van der Waals surface area contributed by atoms with Crippen molar-refractivity contribution in [1.29, 1.82) is 0 Å². The number of rotatable bonds is 7. The molecule has 1 fully saturated rings. The Hall–Kier alpha value is -2.59. The maximum Gasteiger partial charge on any atom is 0.374 e. The number of hydrogen-bond acceptors (Lipinski definition) is 6. The van der Waals surface area contributed by atoms with E-state index in [2.05, 4.69) is 26.3 Å². The normalized spacial score (nSPS) is 15.8. The number of anilines is 2. The van der Waals surface area contributed by atoms with E-state index >= 15 is 0 Å². The van der Waals surface area contributed by atoms with Crippen molar-refractivity contribution in [2.24, 2.45) is 10.9 Å². The molecule has 2 rings (SSSR count). The van der Waals surface area contributed by atoms with Crippen LogP contribution in [0.3, 0.4) is 0 Å². The number of alkyl halides is 1. The number of nitrogens with zero attached hydrogens (tertiary/aromatic N) is 3. The maximum atomic E-state index is 11.3. The van der Waals surface area contributed by atoms with Crippen molar-refractivity contribution in [3.05, 3.63) is 17.6 Å². The summed E-state index contributed by atoms with van der Waals surface area (Å²) in [4.78, 5) is 23.1. The first-order chi connectivity index (χ1) is 12.6. The number of nitrogens with two attached hydrogens (primary N) is 1. The van der Waals surface area contributed by atoms with E-state index in [1.807, 2.05) is 0 Å². The van der Waals surface area contributed by atoms with Crippen LogP contribution < -0.4 is 11.1 Å². The van der Waals surface area contributed by atoms with Gasteiger partial charge in [-0.3, -0.25) is 0 Å². The Bertz CT molecular complexity index is 749. The molecule has 0 bridgehead atoms. The van der Waals surface area contributed by atoms with E-state index in [1.54, 1.807) is 6.08 Å². The van der Waals surface area contributed by atoms with Gasteiger partial charge in [-0.15, -0.1) is 11.6 Å². The minimum atomic E-state index is -1.27. The zero-order valence-electron chi connectivity index (χ0n) is 14.4. The monoisotopic (exact) mass is 375 g/mol. The molecular formula is C18H22ClN5O2. The van der Waals surface area contributed by atoms with Gasteiger partial charge in [-0.2, -0.15) is 0 Å². The smallest absolute Gasteiger partial charge is 0.374 e. The van der Waals surface area contributed by atoms with E-state index in [1.165, 1.54) is 25.5 Å². The fraction of sp³-hybridized carbons (Fsp3) is 0.444. The summed E-state index contributed by atoms with van der Waals surface area (Å²) in [5.41, 5.74) is 7.30. The fourth-order valence-corrected chi connectivity index (χ4v) is 3.16. The summed E-state index contributed by atoms with van der Waals surface area (Å²) in [6.07, 6.45) is 14.2. The quantitative estimate of drug-likeness (QED) is 0.383. The molecule has 1 aliphatic rings. The first-order valence-corrected chi connectivity index (χ1v) is 9.00. The first-order valence-electron chi connectivity index (χ1n) is 8.46. The third-order valence-corrected chi connectivity index (χ3v) is 4.42. The summed E-state index contributed by atoms with van der Waals surface area (Å²) < 4.78 is 0. The molecule has 7 nitrogen and oxygen atoms in total. The van der Waals surface area contributed by atoms with Gasteiger partial charge >= 0.3 is 5.97 Å². The lowest BCUT2D eigenvalue weighted by atomic mass is 9.89. The molecule has 0 amide bonds. The van der Waals surface area contributed by atoms with Gasteiger partial charge in [0.15, 0.2) is 5.82 Å². The highest BCUT2D eigenvalue weighted by Gasteiger charge is 2.20. The highest BCUT2D eigenvalue weighted by atomic mass is 35.5. The zero-order chi connectivity index (χ0) is 18.9. The van der Waals surface area contributed by atoms with Crippen molar-refractivity contribution in [3.63, 3.8) is 0 Å². The van der Waals surface area contributed by atoms with Gasteiger partial charge in [0.1, 0.15) is 11.4 Å². The molecule has 0 aromatic carbocycles. The molecule has 26 heavy (non-hydrogen) atoms. The van der Waals surface area contributed by atoms with Crippen LogP contribution in [0.4, 0.5) is 11.5 Å². The van der Waals surface area contributed by atoms with Gasteiger partial charge in [-0.1, -0.05) is 31.8 Å². The Balaban J connectivity index is 2.40. The Kier molecular flexibility index (Phi) is 7.42. The molecular weight excluding hydrogens is 354 g/mol. The van der Waals surface area contributed by atoms with Crippen molar-refractivity contribution < 1.29 is 9.90 Å². The number of aliphatic imine (C=N–C) groups is 1. The van der Waals surface area contributed by atoms with E-state index in [0.29, 0.717) is 29.4 Å². The van der Waals surface area contributed by atoms with Crippen molar-refractivity contribution in [2.45, 2.75) is 32.1 Å². The van der Waals surface area contributed by atoms with Crippen LogP contribution in [0.5, 0.6) is 0 Å². The summed E-state index contributed by atoms with van der Waals surface area (Å²) in [7, 11) is 0. The highest BCUT2D eigenvalue weighted by Crippen LogP contribution is 2.29. The van der Waals surface area contributed by atoms with Crippen LogP contribution >= 0.6 is 11.6 Å². The number of aromatic carboxylic acids is 1. The van der Waals surface area contributed by atoms with Gasteiger partial charge in [-0.25, -0.2) is 19.8 Å². The molecule has 0 saturated heterocycles. The Morgan fingerprint density at radius 3 is 2.77 bits per heavy atom. The number of terminal acetylenes is 1. The molecule has 0 atom stereocenters. The number of allylic oxidation sites excluding steroid dienone is 2. The Morgan fingerprint density at radius 2 is 2.15 bits per heavy atom. The number of carboxylic acids is 1. The van der Waals surface area contributed by atoms with Crippen LogP contribution in [0.2, 0.25) is 0 Å². The molecule has 1 saturated carbocycles. The summed E-state index contributed by atoms with van der Waals surface area (Å²) in [6.45, 7) is 0.716. The topological polar surface area (TPSA) is 113 Å². The first kappa shape index (κ1) is 19.7. The van der Waals surface area contributed by atoms with Crippen LogP contribution in [0, 0.1) is 18.4 Å². The zero-order valence-corrected chi connectivity index (χ0v) is 15.2. The Morgan fingerprint density at radius 1 is 1.42 bits per heavy atom. The predicted molar refractivity (Wildman–Crippen MR) is 104 cm³/mol. The summed E-state index contributed by atoms with van der Waals surface area (Å²) in [5, 5.41) is 12.5. The van der Waals surface area contributed by atoms with Crippen molar-refractivity contribution >= 4 is 40.9 Å². The van der Waals surface area contributed by atoms with Crippen LogP contribution in [0.15, 0.2) is 11.1 Å². The summed E-state index contributed by atoms with van der Waals surface area (Å²) >= 11 is 5.82. The van der Waals surface area contributed by atoms with E-state index in [9.17, 15) is 9.90 Å². The second kappa shape index (κ2) is 9.78. The third kappa shape index (κ3) is 5.20. The lowest BCUT2D eigenvalue weighted by molar-refractivity contribution is 0.0683. The van der Waals surface area contributed by atoms with Gasteiger partial charge in [0, 0.05) is 30.3 Å². The van der Waals surface area contributed by atoms with Crippen LogP contribution in [-0.2, 0) is 0 Å². The average Bonchev–Trinajstić information content (AvgIpc) is 2.64. The molecule has 138 valence electrons. The average molecular weight is 376 g/mol. The molecule has 0 aliphatic heterocycles. The lowest BCUT2D eigenvalue weighted by Crippen LogP contribution is -2.20. The number of halogens is 1. The number of carboxylic acid groups (broad SMARTS) is 1. The number of nitrogen functional groups attached to an aromatic ring is 1. The van der Waals surface area contributed by atoms with Crippen molar-refractivity contribution in [2.75, 3.05) is 23.5 Å². The molecule has 0 unspecified atom stereocenters. The summed E-state index contributed by atoms with van der Waals surface area (Å²) in [6, 6.07) is 2.16. The van der Waals surface area contributed by atoms with Crippen LogP contribution in [0.25, 0.3) is 5.57 Å². The lowest BCUT2D eigenvalue weighted by Gasteiger charge is -2.23. The Labute approximate surface area is 157 Å². The second-order valence-corrected chi connectivity index (χ2v) is 6.36. The van der Waals surface area contributed by atoms with Gasteiger partial charge in [0.2, 0.25) is 5.82 Å². The van der Waals surface area contributed by atoms with Crippen molar-refractivity contribution in [3.8, 4) is 12.5 Å². The molecule has 1 heterocycles. The molecule has 0 spiro atoms. The van der Waals surface area contributed by atoms with E-state index in [4.69, 9.17) is 23.8 Å². The van der Waals surface area contributed by atoms with E-state index in [0.717, 1.165) is 12.8 Å². The number of aromatic nitrogens is 2. The molecule has 8 heteroatoms. The maximum absolute atomic E-state index is 11.3. The molecule has 0 radical (unpaired) electrons. The minimum Gasteiger partial charge on any atom is -0.475 e. The van der Waals surface area contributed by atoms with Gasteiger partial charge in [0.05, 0.1) is 0 Å². The summed E-state index contributed by atoms with van der Waals surface area (Å²) in [5.74, 6) is -0.876. The van der Waals surface area contributed by atoms with E-state index in [-0.39, 0.29) is 11.7 Å². The van der Waals surface area contributed by atoms with Crippen LogP contribution in [-0.4, -0.2) is 39.7 Å². The number of nitrogens with one attached hydrogen (secondary N) is 1. The second-order valence-electron chi connectivity index (χ2n) is 6.05. The fourth-order valence-electron chi connectivity index (χ4n) is 3.00. The SMILES string of the molecule is C#CN=C/C(=C\CCl)c1nc(C(=O)O)nc(N)c1NCC1CCCCC1. The minimum absolute atomic E-state index is 0.0674. The van der Waals surface area contributed by atoms with Gasteiger partial charge < -0.3 is 16.2 Å². The molecule has 4 N–H and O–H groups in total. The molecule has 1 aromatic heterocycles. The van der Waals surface area contributed by atoms with E-state index < -0.39 is 11.8 Å². The van der Waals surface area contributed by atoms with Crippen molar-refractivity contribution in [1.82, 2.24) is 9.97 Å². The molecule has 1 aliphatic carbocycles. The number of carbonyl (C=O) groups is 1. The van der Waals surface area contributed by atoms with Crippen LogP contribution in [0.1, 0.15) is 48.4 Å². The largest absolute Gasteiger partial charge is 0.475 e. The third-order valence-electron chi connectivity index (χ3n) is 4.27. The highest BCUT2D eigenvalue weighted by molar-refractivity contribution is 6.21. The van der Waals surface area contributed by atoms with Gasteiger partial charge in [-0.05, 0) is 18.8 Å².